The van der Waals surface area contributed by atoms with Crippen LogP contribution in [0.15, 0.2) is 47.5 Å². The Morgan fingerprint density at radius 1 is 1.22 bits per heavy atom. The topological polar surface area (TPSA) is 158 Å². The summed E-state index contributed by atoms with van der Waals surface area (Å²) in [7, 11) is 0. The van der Waals surface area contributed by atoms with Crippen LogP contribution in [0.4, 0.5) is 0 Å². The standard InChI is InChI=1S/C22H26N6O4/c1-3-15-16-21(27-19(23)26-16)22(30,31)17(11(2)28(21)20(24)25-15)32-18(29)14-10-6-8-12-7-4-5-9-13(12)14/h4-11,15-17,30-31H,3H2,1-2H3,(H5,23,24,25,26,27)/p+1/t11-,15-,16-,17-,21-/m0/s1. The predicted octanol–water partition coefficient (Wildman–Crippen LogP) is -0.860. The first kappa shape index (κ1) is 20.5. The van der Waals surface area contributed by atoms with Gasteiger partial charge in [0.15, 0.2) is 12.1 Å². The van der Waals surface area contributed by atoms with E-state index in [1.54, 1.807) is 23.6 Å². The van der Waals surface area contributed by atoms with Crippen LogP contribution in [-0.2, 0) is 4.74 Å². The second-order valence-electron chi connectivity index (χ2n) is 8.58. The van der Waals surface area contributed by atoms with E-state index >= 15 is 0 Å². The van der Waals surface area contributed by atoms with Gasteiger partial charge in [0, 0.05) is 0 Å². The number of esters is 1. The first-order valence-corrected chi connectivity index (χ1v) is 10.7. The molecule has 0 unspecified atom stereocenters. The van der Waals surface area contributed by atoms with E-state index in [2.05, 4.69) is 15.6 Å². The number of nitrogens with one attached hydrogen (secondary N) is 2. The molecule has 5 atom stereocenters. The molecule has 32 heavy (non-hydrogen) atoms. The molecule has 3 heterocycles. The van der Waals surface area contributed by atoms with Gasteiger partial charge >= 0.3 is 11.9 Å². The molecule has 1 fully saturated rings. The van der Waals surface area contributed by atoms with Crippen molar-refractivity contribution in [3.8, 4) is 0 Å². The molecule has 3 aliphatic heterocycles. The Bertz CT molecular complexity index is 1170. The Morgan fingerprint density at radius 3 is 2.69 bits per heavy atom. The first-order chi connectivity index (χ1) is 15.2. The number of ether oxygens (including phenoxy) is 1. The van der Waals surface area contributed by atoms with Crippen LogP contribution < -0.4 is 22.1 Å². The van der Waals surface area contributed by atoms with Gasteiger partial charge < -0.3 is 26.0 Å². The molecule has 0 aromatic heterocycles. The van der Waals surface area contributed by atoms with Crippen LogP contribution in [0.3, 0.4) is 0 Å². The molecule has 3 aliphatic rings. The Kier molecular flexibility index (Phi) is 4.37. The number of nitrogens with zero attached hydrogens (tertiary/aromatic N) is 2. The molecular weight excluding hydrogens is 412 g/mol. The first-order valence-electron chi connectivity index (χ1n) is 10.7. The van der Waals surface area contributed by atoms with E-state index in [1.165, 1.54) is 0 Å². The van der Waals surface area contributed by atoms with Gasteiger partial charge in [-0.25, -0.2) is 14.4 Å². The Labute approximate surface area is 184 Å². The van der Waals surface area contributed by atoms with E-state index in [1.807, 2.05) is 37.3 Å². The number of carbonyl (C=O) groups excluding carboxylic acids is 1. The average molecular weight is 439 g/mol. The molecule has 1 saturated heterocycles. The van der Waals surface area contributed by atoms with Gasteiger partial charge in [-0.15, -0.1) is 0 Å². The monoisotopic (exact) mass is 439 g/mol. The van der Waals surface area contributed by atoms with E-state index in [4.69, 9.17) is 16.2 Å². The van der Waals surface area contributed by atoms with Crippen molar-refractivity contribution in [3.05, 3.63) is 48.0 Å². The molecule has 168 valence electrons. The molecule has 0 saturated carbocycles. The number of benzene rings is 2. The van der Waals surface area contributed by atoms with Gasteiger partial charge in [-0.1, -0.05) is 43.3 Å². The second-order valence-corrected chi connectivity index (χ2v) is 8.58. The molecule has 1 spiro atoms. The zero-order chi connectivity index (χ0) is 22.8. The van der Waals surface area contributed by atoms with Crippen molar-refractivity contribution < 1.29 is 24.3 Å². The van der Waals surface area contributed by atoms with Crippen LogP contribution >= 0.6 is 0 Å². The van der Waals surface area contributed by atoms with Crippen molar-refractivity contribution in [1.82, 2.24) is 10.6 Å². The normalized spacial score (nSPS) is 32.6. The average Bonchev–Trinajstić information content (AvgIpc) is 3.20. The van der Waals surface area contributed by atoms with E-state index in [9.17, 15) is 15.0 Å². The number of carbonyl (C=O) groups is 1. The zero-order valence-corrected chi connectivity index (χ0v) is 17.8. The van der Waals surface area contributed by atoms with Gasteiger partial charge in [0.05, 0.1) is 5.56 Å². The maximum atomic E-state index is 13.2. The maximum absolute atomic E-state index is 13.2. The number of aliphatic imine (C=N–C) groups is 1. The minimum absolute atomic E-state index is 0.0654. The second kappa shape index (κ2) is 6.81. The number of hydrogen-bond donors (Lipinski definition) is 6. The number of nitrogens with two attached hydrogens (primary N) is 2. The third-order valence-electron chi connectivity index (χ3n) is 6.87. The fraction of sp³-hybridized carbons (Fsp3) is 0.409. The molecule has 0 radical (unpaired) electrons. The summed E-state index contributed by atoms with van der Waals surface area (Å²) in [5, 5.41) is 30.7. The van der Waals surface area contributed by atoms with Crippen LogP contribution in [0.2, 0.25) is 0 Å². The van der Waals surface area contributed by atoms with E-state index in [0.717, 1.165) is 5.39 Å². The molecule has 5 rings (SSSR count). The molecule has 2 aromatic carbocycles. The molecule has 0 aliphatic carbocycles. The highest BCUT2D eigenvalue weighted by Gasteiger charge is 2.78. The predicted molar refractivity (Wildman–Crippen MR) is 118 cm³/mol. The fourth-order valence-electron chi connectivity index (χ4n) is 5.46. The highest BCUT2D eigenvalue weighted by Crippen LogP contribution is 2.45. The number of guanidine groups is 2. The summed E-state index contributed by atoms with van der Waals surface area (Å²) in [5.74, 6) is -2.91. The van der Waals surface area contributed by atoms with Gasteiger partial charge in [0.1, 0.15) is 18.1 Å². The molecule has 10 heteroatoms. The molecule has 10 nitrogen and oxygen atoms in total. The van der Waals surface area contributed by atoms with Gasteiger partial charge in [-0.05, 0) is 30.2 Å². The van der Waals surface area contributed by atoms with Crippen molar-refractivity contribution in [2.75, 3.05) is 0 Å². The summed E-state index contributed by atoms with van der Waals surface area (Å²) in [6.07, 6.45) is -0.717. The summed E-state index contributed by atoms with van der Waals surface area (Å²) < 4.78 is 7.35. The summed E-state index contributed by atoms with van der Waals surface area (Å²) in [6, 6.07) is 11.1. The van der Waals surface area contributed by atoms with Crippen LogP contribution in [0.1, 0.15) is 30.6 Å². The number of rotatable bonds is 3. The highest BCUT2D eigenvalue weighted by molar-refractivity contribution is 6.04. The quantitative estimate of drug-likeness (QED) is 0.205. The lowest BCUT2D eigenvalue weighted by molar-refractivity contribution is -0.646. The lowest BCUT2D eigenvalue weighted by Crippen LogP contribution is -2.78. The Hall–Kier alpha value is -3.37. The summed E-state index contributed by atoms with van der Waals surface area (Å²) in [4.78, 5) is 17.6. The molecular formula is C22H27N6O4+. The van der Waals surface area contributed by atoms with Crippen molar-refractivity contribution in [3.63, 3.8) is 0 Å². The molecule has 8 N–H and O–H groups in total. The van der Waals surface area contributed by atoms with Crippen LogP contribution in [0.25, 0.3) is 10.8 Å². The van der Waals surface area contributed by atoms with E-state index < -0.39 is 35.6 Å². The molecule has 0 bridgehead atoms. The smallest absolute Gasteiger partial charge is 0.346 e. The minimum Gasteiger partial charge on any atom is -0.449 e. The van der Waals surface area contributed by atoms with Crippen LogP contribution in [0, 0.1) is 0 Å². The van der Waals surface area contributed by atoms with Crippen LogP contribution in [-0.4, -0.2) is 68.4 Å². The maximum Gasteiger partial charge on any atom is 0.346 e. The zero-order valence-electron chi connectivity index (χ0n) is 17.8. The third kappa shape index (κ3) is 2.50. The summed E-state index contributed by atoms with van der Waals surface area (Å²) in [6.45, 7) is 3.65. The Morgan fingerprint density at radius 2 is 1.94 bits per heavy atom. The van der Waals surface area contributed by atoms with Gasteiger partial charge in [-0.3, -0.25) is 11.1 Å². The van der Waals surface area contributed by atoms with E-state index in [-0.39, 0.29) is 18.0 Å². The lowest BCUT2D eigenvalue weighted by atomic mass is 9.85. The summed E-state index contributed by atoms with van der Waals surface area (Å²) >= 11 is 0. The largest absolute Gasteiger partial charge is 0.449 e. The van der Waals surface area contributed by atoms with Crippen molar-refractivity contribution in [2.24, 2.45) is 16.5 Å². The van der Waals surface area contributed by atoms with Gasteiger partial charge in [0.2, 0.25) is 5.66 Å². The number of fused-ring (bicyclic) bond motifs is 1. The lowest BCUT2D eigenvalue weighted by Gasteiger charge is -2.43. The SMILES string of the molecule is CC[C@@H]1NC(N)=[N+]2[C@@H](C)[C@H](OC(=O)c3cccc4ccccc34)C(O)(O)[C@@]23NC(N)=N[C@@H]13. The molecule has 0 amide bonds. The van der Waals surface area contributed by atoms with Crippen LogP contribution in [0.5, 0.6) is 0 Å². The van der Waals surface area contributed by atoms with Crippen molar-refractivity contribution >= 4 is 28.7 Å². The fourth-order valence-corrected chi connectivity index (χ4v) is 5.46. The number of aliphatic hydroxyl groups is 2. The Balaban J connectivity index is 1.57. The van der Waals surface area contributed by atoms with E-state index in [0.29, 0.717) is 17.4 Å². The molecule has 2 aromatic rings. The number of hydrogen-bond acceptors (Lipinski definition) is 9. The van der Waals surface area contributed by atoms with Gasteiger partial charge in [-0.2, -0.15) is 0 Å². The summed E-state index contributed by atoms with van der Waals surface area (Å²) in [5.41, 5.74) is 11.0. The van der Waals surface area contributed by atoms with Crippen molar-refractivity contribution in [1.29, 1.82) is 0 Å². The van der Waals surface area contributed by atoms with Gasteiger partial charge in [0.25, 0.3) is 5.79 Å². The third-order valence-corrected chi connectivity index (χ3v) is 6.87. The highest BCUT2D eigenvalue weighted by atomic mass is 16.6. The minimum atomic E-state index is -2.54. The van der Waals surface area contributed by atoms with Crippen molar-refractivity contribution in [2.45, 2.75) is 55.9 Å².